The van der Waals surface area contributed by atoms with Crippen molar-refractivity contribution in [1.82, 2.24) is 9.80 Å². The molecule has 0 radical (unpaired) electrons. The van der Waals surface area contributed by atoms with Gasteiger partial charge in [0, 0.05) is 26.6 Å². The van der Waals surface area contributed by atoms with Gasteiger partial charge in [-0.2, -0.15) is 0 Å². The first-order valence-electron chi connectivity index (χ1n) is 11.7. The molecular weight excluding hydrogens is 502 g/mol. The van der Waals surface area contributed by atoms with Crippen LogP contribution in [0.3, 0.4) is 0 Å². The second-order valence-electron chi connectivity index (χ2n) is 8.57. The molecule has 11 heteroatoms. The fraction of sp³-hybridized carbons (Fsp3) is 0.385. The molecule has 10 nitrogen and oxygen atoms in total. The molecule has 1 saturated heterocycles. The van der Waals surface area contributed by atoms with E-state index in [9.17, 15) is 19.2 Å². The molecule has 0 aliphatic carbocycles. The number of halogens is 1. The highest BCUT2D eigenvalue weighted by Crippen LogP contribution is 2.28. The first-order valence-corrected chi connectivity index (χ1v) is 12.0. The lowest BCUT2D eigenvalue weighted by Crippen LogP contribution is -2.38. The molecule has 1 fully saturated rings. The first kappa shape index (κ1) is 27.8. The maximum absolute atomic E-state index is 12.5. The van der Waals surface area contributed by atoms with Gasteiger partial charge in [0.05, 0.1) is 37.4 Å². The number of esters is 1. The van der Waals surface area contributed by atoms with E-state index in [0.717, 1.165) is 10.5 Å². The Morgan fingerprint density at radius 2 is 1.84 bits per heavy atom. The second kappa shape index (κ2) is 13.0. The fourth-order valence-electron chi connectivity index (χ4n) is 3.86. The van der Waals surface area contributed by atoms with Crippen LogP contribution in [0.15, 0.2) is 42.5 Å². The zero-order valence-electron chi connectivity index (χ0n) is 21.0. The van der Waals surface area contributed by atoms with Crippen LogP contribution in [0.2, 0.25) is 5.02 Å². The van der Waals surface area contributed by atoms with Gasteiger partial charge in [-0.25, -0.2) is 0 Å². The summed E-state index contributed by atoms with van der Waals surface area (Å²) in [6, 6.07) is 12.3. The van der Waals surface area contributed by atoms with Crippen LogP contribution >= 0.6 is 11.6 Å². The Hall–Kier alpha value is -3.79. The molecule has 3 amide bonds. The lowest BCUT2D eigenvalue weighted by atomic mass is 10.1. The third kappa shape index (κ3) is 7.60. The van der Waals surface area contributed by atoms with Crippen molar-refractivity contribution in [3.05, 3.63) is 53.1 Å². The zero-order valence-corrected chi connectivity index (χ0v) is 21.7. The fourth-order valence-corrected chi connectivity index (χ4v) is 4.05. The van der Waals surface area contributed by atoms with Gasteiger partial charge in [-0.1, -0.05) is 29.8 Å². The molecular formula is C26H30ClN3O7. The SMILES string of the molecule is COc1ccc(CCN2C[C@H](C(=O)OCC(=O)N(C)CC(=O)Nc3ccccc3Cl)CC2=O)cc1OC. The first-order chi connectivity index (χ1) is 17.7. The Balaban J connectivity index is 1.42. The number of ether oxygens (including phenoxy) is 3. The molecule has 1 heterocycles. The minimum atomic E-state index is -0.653. The Bertz CT molecular complexity index is 1160. The summed E-state index contributed by atoms with van der Waals surface area (Å²) in [6.45, 7) is -0.117. The van der Waals surface area contributed by atoms with E-state index in [1.807, 2.05) is 12.1 Å². The highest BCUT2D eigenvalue weighted by Gasteiger charge is 2.35. The number of carbonyl (C=O) groups excluding carboxylic acids is 4. The minimum Gasteiger partial charge on any atom is -0.493 e. The topological polar surface area (TPSA) is 114 Å². The van der Waals surface area contributed by atoms with E-state index >= 15 is 0 Å². The Labute approximate surface area is 220 Å². The van der Waals surface area contributed by atoms with Gasteiger partial charge in [0.25, 0.3) is 5.91 Å². The predicted molar refractivity (Wildman–Crippen MR) is 137 cm³/mol. The van der Waals surface area contributed by atoms with Crippen molar-refractivity contribution in [1.29, 1.82) is 0 Å². The molecule has 1 atom stereocenters. The number of methoxy groups -OCH3 is 2. The Kier molecular flexibility index (Phi) is 9.73. The average Bonchev–Trinajstić information content (AvgIpc) is 3.27. The smallest absolute Gasteiger partial charge is 0.311 e. The van der Waals surface area contributed by atoms with Gasteiger partial charge in [-0.05, 0) is 36.2 Å². The van der Waals surface area contributed by atoms with Crippen molar-refractivity contribution >= 4 is 41.0 Å². The third-order valence-electron chi connectivity index (χ3n) is 5.96. The van der Waals surface area contributed by atoms with Crippen LogP contribution in [-0.2, 0) is 30.3 Å². The van der Waals surface area contributed by atoms with E-state index in [1.54, 1.807) is 49.5 Å². The summed E-state index contributed by atoms with van der Waals surface area (Å²) in [5, 5.41) is 3.00. The normalized spacial score (nSPS) is 14.8. The Morgan fingerprint density at radius 1 is 1.11 bits per heavy atom. The van der Waals surface area contributed by atoms with Crippen LogP contribution in [-0.4, -0.2) is 81.0 Å². The van der Waals surface area contributed by atoms with Crippen LogP contribution in [0, 0.1) is 5.92 Å². The molecule has 0 spiro atoms. The zero-order chi connectivity index (χ0) is 26.9. The number of benzene rings is 2. The third-order valence-corrected chi connectivity index (χ3v) is 6.29. The minimum absolute atomic E-state index is 0.0229. The molecule has 1 aliphatic rings. The lowest BCUT2D eigenvalue weighted by molar-refractivity contribution is -0.155. The maximum Gasteiger partial charge on any atom is 0.311 e. The van der Waals surface area contributed by atoms with E-state index in [1.165, 1.54) is 7.05 Å². The highest BCUT2D eigenvalue weighted by atomic mass is 35.5. The summed E-state index contributed by atoms with van der Waals surface area (Å²) in [5.74, 6) is -1.19. The molecule has 2 aromatic rings. The number of rotatable bonds is 11. The van der Waals surface area contributed by atoms with Crippen molar-refractivity contribution in [3.63, 3.8) is 0 Å². The van der Waals surface area contributed by atoms with Gasteiger partial charge < -0.3 is 29.3 Å². The molecule has 37 heavy (non-hydrogen) atoms. The molecule has 0 bridgehead atoms. The molecule has 0 unspecified atom stereocenters. The van der Waals surface area contributed by atoms with Gasteiger partial charge in [-0.3, -0.25) is 19.2 Å². The van der Waals surface area contributed by atoms with Gasteiger partial charge in [0.2, 0.25) is 11.8 Å². The van der Waals surface area contributed by atoms with Crippen molar-refractivity contribution < 1.29 is 33.4 Å². The molecule has 3 rings (SSSR count). The largest absolute Gasteiger partial charge is 0.493 e. The number of amides is 3. The number of likely N-dealkylation sites (N-methyl/N-ethyl adjacent to an activating group) is 1. The van der Waals surface area contributed by atoms with Crippen LogP contribution < -0.4 is 14.8 Å². The van der Waals surface area contributed by atoms with Gasteiger partial charge >= 0.3 is 5.97 Å². The van der Waals surface area contributed by atoms with E-state index < -0.39 is 30.3 Å². The van der Waals surface area contributed by atoms with Crippen molar-refractivity contribution in [2.45, 2.75) is 12.8 Å². The van der Waals surface area contributed by atoms with Crippen LogP contribution in [0.4, 0.5) is 5.69 Å². The monoisotopic (exact) mass is 531 g/mol. The van der Waals surface area contributed by atoms with Crippen molar-refractivity contribution in [2.24, 2.45) is 5.92 Å². The number of anilines is 1. The summed E-state index contributed by atoms with van der Waals surface area (Å²) in [4.78, 5) is 52.2. The summed E-state index contributed by atoms with van der Waals surface area (Å²) in [5.41, 5.74) is 1.40. The molecule has 2 aromatic carbocycles. The lowest BCUT2D eigenvalue weighted by Gasteiger charge is -2.18. The number of hydrogen-bond acceptors (Lipinski definition) is 7. The number of nitrogens with zero attached hydrogens (tertiary/aromatic N) is 2. The highest BCUT2D eigenvalue weighted by molar-refractivity contribution is 6.33. The second-order valence-corrected chi connectivity index (χ2v) is 8.97. The van der Waals surface area contributed by atoms with Gasteiger partial charge in [0.15, 0.2) is 18.1 Å². The molecule has 0 aromatic heterocycles. The van der Waals surface area contributed by atoms with E-state index in [-0.39, 0.29) is 25.4 Å². The standard InChI is InChI=1S/C26H30ClN3O7/c1-29(15-23(31)28-20-7-5-4-6-19(20)27)25(33)16-37-26(34)18-13-24(32)30(14-18)11-10-17-8-9-21(35-2)22(12-17)36-3/h4-9,12,18H,10-11,13-16H2,1-3H3,(H,28,31)/t18-/m1/s1. The average molecular weight is 532 g/mol. The number of carbonyl (C=O) groups is 4. The maximum atomic E-state index is 12.5. The number of likely N-dealkylation sites (tertiary alicyclic amines) is 1. The summed E-state index contributed by atoms with van der Waals surface area (Å²) >= 11 is 6.02. The number of hydrogen-bond donors (Lipinski definition) is 1. The quantitative estimate of drug-likeness (QED) is 0.443. The van der Waals surface area contributed by atoms with Crippen LogP contribution in [0.1, 0.15) is 12.0 Å². The van der Waals surface area contributed by atoms with Crippen LogP contribution in [0.25, 0.3) is 0 Å². The van der Waals surface area contributed by atoms with E-state index in [0.29, 0.717) is 35.2 Å². The molecule has 0 saturated carbocycles. The van der Waals surface area contributed by atoms with Gasteiger partial charge in [-0.15, -0.1) is 0 Å². The van der Waals surface area contributed by atoms with Crippen LogP contribution in [0.5, 0.6) is 11.5 Å². The predicted octanol–water partition coefficient (Wildman–Crippen LogP) is 2.39. The number of nitrogens with one attached hydrogen (secondary N) is 1. The summed E-state index contributed by atoms with van der Waals surface area (Å²) in [7, 11) is 4.54. The summed E-state index contributed by atoms with van der Waals surface area (Å²) in [6.07, 6.45) is 0.600. The number of para-hydroxylation sites is 1. The molecule has 1 N–H and O–H groups in total. The molecule has 1 aliphatic heterocycles. The van der Waals surface area contributed by atoms with Crippen molar-refractivity contribution in [2.75, 3.05) is 52.8 Å². The Morgan fingerprint density at radius 3 is 2.54 bits per heavy atom. The van der Waals surface area contributed by atoms with Gasteiger partial charge in [0.1, 0.15) is 0 Å². The van der Waals surface area contributed by atoms with E-state index in [4.69, 9.17) is 25.8 Å². The van der Waals surface area contributed by atoms with Crippen molar-refractivity contribution in [3.8, 4) is 11.5 Å². The summed E-state index contributed by atoms with van der Waals surface area (Å²) < 4.78 is 15.7. The van der Waals surface area contributed by atoms with E-state index in [2.05, 4.69) is 5.32 Å². The molecule has 198 valence electrons.